The maximum absolute atomic E-state index is 11.6. The van der Waals surface area contributed by atoms with Gasteiger partial charge in [-0.2, -0.15) is 0 Å². The van der Waals surface area contributed by atoms with E-state index in [4.69, 9.17) is 10.2 Å². The van der Waals surface area contributed by atoms with E-state index in [0.717, 1.165) is 39.6 Å². The Morgan fingerprint density at radius 2 is 1.07 bits per heavy atom. The number of aromatic nitrogens is 6. The lowest BCUT2D eigenvalue weighted by Gasteiger charge is -2.33. The van der Waals surface area contributed by atoms with Crippen molar-refractivity contribution in [2.75, 3.05) is 0 Å². The molecule has 3 rings (SSSR count). The first-order valence-corrected chi connectivity index (χ1v) is 8.89. The van der Waals surface area contributed by atoms with Crippen molar-refractivity contribution in [2.45, 2.75) is 55.4 Å². The average molecular weight is 368 g/mol. The van der Waals surface area contributed by atoms with E-state index >= 15 is 0 Å². The van der Waals surface area contributed by atoms with Crippen molar-refractivity contribution in [3.63, 3.8) is 0 Å². The number of aryl methyl sites for hydroxylation is 2. The van der Waals surface area contributed by atoms with Gasteiger partial charge in [-0.15, -0.1) is 0 Å². The maximum Gasteiger partial charge on any atom is 0.356 e. The highest BCUT2D eigenvalue weighted by Crippen LogP contribution is 2.20. The highest BCUT2D eigenvalue weighted by molar-refractivity contribution is 6.53. The van der Waals surface area contributed by atoms with Crippen LogP contribution in [-0.2, 0) is 0 Å². The number of rotatable bonds is 4. The Morgan fingerprint density at radius 1 is 0.704 bits per heavy atom. The maximum atomic E-state index is 11.6. The number of aromatic carboxylic acids is 1. The van der Waals surface area contributed by atoms with Crippen molar-refractivity contribution in [3.05, 3.63) is 50.9 Å². The summed E-state index contributed by atoms with van der Waals surface area (Å²) in [5, 5.41) is 23.4. The van der Waals surface area contributed by atoms with Gasteiger partial charge in [0.2, 0.25) is 0 Å². The molecule has 0 aromatic carbocycles. The molecule has 1 N–H and O–H groups in total. The highest BCUT2D eigenvalue weighted by atomic mass is 16.4. The minimum absolute atomic E-state index is 0.0500. The standard InChI is InChI=1S/C18H25BN6O2/c1-9-12(4)20-23(14(9)6)19(24-15(7)10(2)13(5)21-24)25-16(8)11(3)17(22-25)18(26)27/h1-8H3,(H,26,27)/q-1. The molecule has 3 heterocycles. The summed E-state index contributed by atoms with van der Waals surface area (Å²) in [6.45, 7) is 15.6. The molecule has 0 aliphatic rings. The minimum atomic E-state index is -1.04. The minimum Gasteiger partial charge on any atom is -0.476 e. The first-order chi connectivity index (χ1) is 12.6. The van der Waals surface area contributed by atoms with Gasteiger partial charge in [0.05, 0.1) is 11.4 Å². The molecular formula is C18H25BN6O2-. The van der Waals surface area contributed by atoms with Crippen LogP contribution < -0.4 is 0 Å². The summed E-state index contributed by atoms with van der Waals surface area (Å²) >= 11 is 0. The second kappa shape index (κ2) is 6.40. The number of hydrogen-bond donors (Lipinski definition) is 1. The summed E-state index contributed by atoms with van der Waals surface area (Å²) in [7, 11) is -0.517. The molecular weight excluding hydrogens is 343 g/mol. The lowest BCUT2D eigenvalue weighted by atomic mass is 9.92. The Kier molecular flexibility index (Phi) is 4.49. The molecule has 27 heavy (non-hydrogen) atoms. The van der Waals surface area contributed by atoms with Crippen LogP contribution in [0.3, 0.4) is 0 Å². The third-order valence-electron chi connectivity index (χ3n) is 5.68. The molecule has 143 valence electrons. The third kappa shape index (κ3) is 2.77. The fraction of sp³-hybridized carbons (Fsp3) is 0.444. The Balaban J connectivity index is 2.35. The zero-order chi connectivity index (χ0) is 20.2. The van der Waals surface area contributed by atoms with Crippen LogP contribution in [0.5, 0.6) is 0 Å². The quantitative estimate of drug-likeness (QED) is 0.714. The molecule has 0 fully saturated rings. The van der Waals surface area contributed by atoms with Gasteiger partial charge in [0, 0.05) is 5.56 Å². The van der Waals surface area contributed by atoms with Crippen molar-refractivity contribution >= 4 is 13.1 Å². The molecule has 0 bridgehead atoms. The Labute approximate surface area is 158 Å². The van der Waals surface area contributed by atoms with Gasteiger partial charge >= 0.3 is 5.97 Å². The Bertz CT molecular complexity index is 1010. The van der Waals surface area contributed by atoms with Gasteiger partial charge in [-0.1, -0.05) is 0 Å². The highest BCUT2D eigenvalue weighted by Gasteiger charge is 2.23. The normalized spacial score (nSPS) is 11.6. The van der Waals surface area contributed by atoms with Crippen molar-refractivity contribution < 1.29 is 9.90 Å². The summed E-state index contributed by atoms with van der Waals surface area (Å²) in [5.41, 5.74) is 7.49. The largest absolute Gasteiger partial charge is 0.476 e. The molecule has 0 spiro atoms. The van der Waals surface area contributed by atoms with Crippen molar-refractivity contribution in [1.82, 2.24) is 29.1 Å². The molecule has 0 saturated heterocycles. The van der Waals surface area contributed by atoms with Gasteiger partial charge in [-0.05, 0) is 83.6 Å². The van der Waals surface area contributed by atoms with Crippen LogP contribution in [0.2, 0.25) is 0 Å². The van der Waals surface area contributed by atoms with E-state index in [2.05, 4.69) is 5.10 Å². The smallest absolute Gasteiger partial charge is 0.356 e. The number of carbonyl (C=O) groups is 1. The molecule has 3 aromatic rings. The average Bonchev–Trinajstić information content (AvgIpc) is 3.14. The van der Waals surface area contributed by atoms with Gasteiger partial charge in [0.25, 0.3) is 7.12 Å². The van der Waals surface area contributed by atoms with E-state index in [9.17, 15) is 9.90 Å². The van der Waals surface area contributed by atoms with Gasteiger partial charge < -0.3 is 18.9 Å². The Morgan fingerprint density at radius 3 is 1.37 bits per heavy atom. The number of carboxylic acids is 1. The zero-order valence-corrected chi connectivity index (χ0v) is 17.1. The molecule has 9 heteroatoms. The summed E-state index contributed by atoms with van der Waals surface area (Å²) in [6.07, 6.45) is 0. The SMILES string of the molecule is Cc1nn([B-](n2nc(C)c(C)c2C)n2nc(C(=O)O)c(C)c2C)c(C)c1C. The number of nitrogens with zero attached hydrogens (tertiary/aromatic N) is 6. The van der Waals surface area contributed by atoms with Gasteiger partial charge in [-0.3, -0.25) is 0 Å². The topological polar surface area (TPSA) is 90.8 Å². The Hall–Kier alpha value is -2.84. The predicted octanol–water partition coefficient (Wildman–Crippen LogP) is 2.37. The number of carboxylic acid groups (broad SMARTS) is 1. The van der Waals surface area contributed by atoms with Gasteiger partial charge in [0.1, 0.15) is 0 Å². The number of hydrogen-bond acceptors (Lipinski definition) is 4. The summed E-state index contributed by atoms with van der Waals surface area (Å²) in [6, 6.07) is 0. The van der Waals surface area contributed by atoms with Crippen LogP contribution >= 0.6 is 0 Å². The molecule has 3 aromatic heterocycles. The molecule has 0 saturated carbocycles. The molecule has 1 radical (unpaired) electrons. The van der Waals surface area contributed by atoms with E-state index in [-0.39, 0.29) is 5.69 Å². The summed E-state index contributed by atoms with van der Waals surface area (Å²) < 4.78 is 5.44. The summed E-state index contributed by atoms with van der Waals surface area (Å²) in [4.78, 5) is 11.6. The van der Waals surface area contributed by atoms with Crippen molar-refractivity contribution in [1.29, 1.82) is 0 Å². The van der Waals surface area contributed by atoms with Crippen LogP contribution in [0.15, 0.2) is 0 Å². The van der Waals surface area contributed by atoms with Crippen LogP contribution in [0, 0.1) is 55.4 Å². The van der Waals surface area contributed by atoms with Crippen LogP contribution in [0.4, 0.5) is 0 Å². The first kappa shape index (κ1) is 18.9. The van der Waals surface area contributed by atoms with Gasteiger partial charge in [0.15, 0.2) is 5.69 Å². The lowest BCUT2D eigenvalue weighted by molar-refractivity contribution is 0.0689. The molecule has 0 aliphatic heterocycles. The second-order valence-corrected chi connectivity index (χ2v) is 7.14. The monoisotopic (exact) mass is 368 g/mol. The molecule has 0 aliphatic carbocycles. The second-order valence-electron chi connectivity index (χ2n) is 7.14. The molecule has 0 amide bonds. The van der Waals surface area contributed by atoms with E-state index in [1.807, 2.05) is 57.7 Å². The third-order valence-corrected chi connectivity index (χ3v) is 5.68. The zero-order valence-electron chi connectivity index (χ0n) is 17.1. The lowest BCUT2D eigenvalue weighted by Crippen LogP contribution is -2.46. The fourth-order valence-electron chi connectivity index (χ4n) is 3.28. The van der Waals surface area contributed by atoms with Crippen LogP contribution in [-0.4, -0.2) is 47.3 Å². The fourth-order valence-corrected chi connectivity index (χ4v) is 3.28. The van der Waals surface area contributed by atoms with Crippen LogP contribution in [0.1, 0.15) is 55.6 Å². The predicted molar refractivity (Wildman–Crippen MR) is 103 cm³/mol. The van der Waals surface area contributed by atoms with E-state index in [0.29, 0.717) is 5.56 Å². The van der Waals surface area contributed by atoms with E-state index < -0.39 is 13.1 Å². The van der Waals surface area contributed by atoms with E-state index in [1.54, 1.807) is 11.5 Å². The molecule has 0 unspecified atom stereocenters. The van der Waals surface area contributed by atoms with Gasteiger partial charge in [-0.25, -0.2) is 20.1 Å². The first-order valence-electron chi connectivity index (χ1n) is 8.89. The van der Waals surface area contributed by atoms with Crippen LogP contribution in [0.25, 0.3) is 0 Å². The molecule has 8 nitrogen and oxygen atoms in total. The molecule has 0 atom stereocenters. The summed E-state index contributed by atoms with van der Waals surface area (Å²) in [5.74, 6) is -1.04. The van der Waals surface area contributed by atoms with Crippen molar-refractivity contribution in [2.24, 2.45) is 0 Å². The van der Waals surface area contributed by atoms with E-state index in [1.165, 1.54) is 0 Å². The van der Waals surface area contributed by atoms with Crippen molar-refractivity contribution in [3.8, 4) is 0 Å².